The first-order valence-electron chi connectivity index (χ1n) is 7.97. The second kappa shape index (κ2) is 7.68. The van der Waals surface area contributed by atoms with Crippen molar-refractivity contribution in [3.63, 3.8) is 0 Å². The van der Waals surface area contributed by atoms with E-state index in [2.05, 4.69) is 52.5 Å². The van der Waals surface area contributed by atoms with Crippen molar-refractivity contribution in [1.82, 2.24) is 9.88 Å². The van der Waals surface area contributed by atoms with Crippen LogP contribution in [0.3, 0.4) is 0 Å². The van der Waals surface area contributed by atoms with Crippen molar-refractivity contribution in [2.45, 2.75) is 26.4 Å². The number of nitrogens with zero attached hydrogens (tertiary/aromatic N) is 2. The zero-order valence-corrected chi connectivity index (χ0v) is 14.2. The summed E-state index contributed by atoms with van der Waals surface area (Å²) in [6.07, 6.45) is 2.65. The van der Waals surface area contributed by atoms with E-state index in [0.717, 1.165) is 31.6 Å². The summed E-state index contributed by atoms with van der Waals surface area (Å²) in [6.45, 7) is 5.05. The highest BCUT2D eigenvalue weighted by Gasteiger charge is 2.11. The Kier molecular flexibility index (Phi) is 5.39. The molecule has 3 rings (SSSR count). The van der Waals surface area contributed by atoms with E-state index in [1.54, 1.807) is 11.3 Å². The molecule has 0 amide bonds. The molecule has 1 N–H and O–H groups in total. The highest BCUT2D eigenvalue weighted by atomic mass is 32.1. The predicted molar refractivity (Wildman–Crippen MR) is 96.6 cm³/mol. The number of hydrogen-bond acceptors (Lipinski definition) is 4. The fourth-order valence-electron chi connectivity index (χ4n) is 2.81. The molecule has 2 aromatic heterocycles. The van der Waals surface area contributed by atoms with Gasteiger partial charge in [0.15, 0.2) is 0 Å². The normalized spacial score (nSPS) is 11.4. The molecule has 23 heavy (non-hydrogen) atoms. The van der Waals surface area contributed by atoms with Gasteiger partial charge in [-0.1, -0.05) is 24.3 Å². The van der Waals surface area contributed by atoms with Gasteiger partial charge in [-0.3, -0.25) is 9.88 Å². The van der Waals surface area contributed by atoms with E-state index in [9.17, 15) is 5.11 Å². The molecule has 4 heteroatoms. The number of para-hydroxylation sites is 1. The molecule has 0 aliphatic carbocycles. The minimum atomic E-state index is 0.230. The standard InChI is InChI=1S/C19H22N2OS/c1-15-8-12-23-18(15)14-21(10-4-11-22)13-17-6-2-5-16-7-3-9-20-19(16)17/h2-3,5-9,12,22H,4,10-11,13-14H2,1H3. The quantitative estimate of drug-likeness (QED) is 0.713. The molecule has 3 nitrogen and oxygen atoms in total. The van der Waals surface area contributed by atoms with Crippen molar-refractivity contribution < 1.29 is 5.11 Å². The maximum absolute atomic E-state index is 9.20. The van der Waals surface area contributed by atoms with Gasteiger partial charge >= 0.3 is 0 Å². The molecule has 0 bridgehead atoms. The molecule has 0 atom stereocenters. The molecule has 0 saturated carbocycles. The smallest absolute Gasteiger partial charge is 0.0746 e. The first kappa shape index (κ1) is 16.1. The number of aromatic nitrogens is 1. The maximum atomic E-state index is 9.20. The van der Waals surface area contributed by atoms with E-state index < -0.39 is 0 Å². The largest absolute Gasteiger partial charge is 0.396 e. The molecular formula is C19H22N2OS. The summed E-state index contributed by atoms with van der Waals surface area (Å²) in [5.41, 5.74) is 3.67. The van der Waals surface area contributed by atoms with Crippen LogP contribution >= 0.6 is 11.3 Å². The Morgan fingerprint density at radius 3 is 2.78 bits per heavy atom. The molecule has 3 aromatic rings. The lowest BCUT2D eigenvalue weighted by molar-refractivity contribution is 0.214. The monoisotopic (exact) mass is 326 g/mol. The number of pyridine rings is 1. The van der Waals surface area contributed by atoms with Crippen molar-refractivity contribution in [2.24, 2.45) is 0 Å². The average molecular weight is 326 g/mol. The number of fused-ring (bicyclic) bond motifs is 1. The Labute approximate surface area is 141 Å². The summed E-state index contributed by atoms with van der Waals surface area (Å²) >= 11 is 1.81. The van der Waals surface area contributed by atoms with E-state index in [-0.39, 0.29) is 6.61 Å². The van der Waals surface area contributed by atoms with Crippen LogP contribution in [-0.2, 0) is 13.1 Å². The van der Waals surface area contributed by atoms with E-state index in [1.165, 1.54) is 21.4 Å². The van der Waals surface area contributed by atoms with Crippen molar-refractivity contribution in [2.75, 3.05) is 13.2 Å². The number of aryl methyl sites for hydroxylation is 1. The summed E-state index contributed by atoms with van der Waals surface area (Å²) in [6, 6.07) is 12.6. The van der Waals surface area contributed by atoms with Crippen LogP contribution in [0.5, 0.6) is 0 Å². The van der Waals surface area contributed by atoms with Gasteiger partial charge in [-0.25, -0.2) is 0 Å². The molecule has 2 heterocycles. The van der Waals surface area contributed by atoms with Crippen molar-refractivity contribution in [3.05, 3.63) is 64.0 Å². The number of thiophene rings is 1. The number of benzene rings is 1. The van der Waals surface area contributed by atoms with Gasteiger partial charge in [-0.15, -0.1) is 11.3 Å². The fourth-order valence-corrected chi connectivity index (χ4v) is 3.76. The molecule has 0 aliphatic heterocycles. The van der Waals surface area contributed by atoms with Crippen LogP contribution < -0.4 is 0 Å². The van der Waals surface area contributed by atoms with Crippen molar-refractivity contribution in [3.8, 4) is 0 Å². The van der Waals surface area contributed by atoms with Crippen LogP contribution in [0.15, 0.2) is 48.0 Å². The van der Waals surface area contributed by atoms with Gasteiger partial charge in [-0.05, 0) is 42.0 Å². The average Bonchev–Trinajstić information content (AvgIpc) is 2.98. The van der Waals surface area contributed by atoms with E-state index in [1.807, 2.05) is 12.3 Å². The molecule has 120 valence electrons. The summed E-state index contributed by atoms with van der Waals surface area (Å²) in [5.74, 6) is 0. The minimum absolute atomic E-state index is 0.230. The van der Waals surface area contributed by atoms with Gasteiger partial charge in [-0.2, -0.15) is 0 Å². The highest BCUT2D eigenvalue weighted by molar-refractivity contribution is 7.10. The van der Waals surface area contributed by atoms with E-state index in [0.29, 0.717) is 0 Å². The molecule has 0 aliphatic rings. The van der Waals surface area contributed by atoms with Crippen LogP contribution in [0.2, 0.25) is 0 Å². The lowest BCUT2D eigenvalue weighted by Crippen LogP contribution is -2.24. The Morgan fingerprint density at radius 1 is 1.13 bits per heavy atom. The summed E-state index contributed by atoms with van der Waals surface area (Å²) < 4.78 is 0. The fraction of sp³-hybridized carbons (Fsp3) is 0.316. The molecule has 0 unspecified atom stereocenters. The van der Waals surface area contributed by atoms with Gasteiger partial charge in [0.1, 0.15) is 0 Å². The molecule has 0 fully saturated rings. The topological polar surface area (TPSA) is 36.4 Å². The molecule has 0 radical (unpaired) electrons. The molecule has 0 spiro atoms. The zero-order valence-electron chi connectivity index (χ0n) is 13.4. The number of aliphatic hydroxyl groups excluding tert-OH is 1. The Balaban J connectivity index is 1.83. The van der Waals surface area contributed by atoms with Crippen LogP contribution in [0.25, 0.3) is 10.9 Å². The molecule has 1 aromatic carbocycles. The predicted octanol–water partition coefficient (Wildman–Crippen LogP) is 3.99. The van der Waals surface area contributed by atoms with Gasteiger partial charge in [0.25, 0.3) is 0 Å². The third-order valence-electron chi connectivity index (χ3n) is 4.08. The summed E-state index contributed by atoms with van der Waals surface area (Å²) in [5, 5.41) is 12.5. The van der Waals surface area contributed by atoms with Crippen LogP contribution in [0.4, 0.5) is 0 Å². The third kappa shape index (κ3) is 3.96. The Morgan fingerprint density at radius 2 is 2.00 bits per heavy atom. The van der Waals surface area contributed by atoms with Crippen molar-refractivity contribution in [1.29, 1.82) is 0 Å². The number of hydrogen-bond donors (Lipinski definition) is 1. The van der Waals surface area contributed by atoms with E-state index >= 15 is 0 Å². The van der Waals surface area contributed by atoms with Crippen LogP contribution in [0.1, 0.15) is 22.4 Å². The summed E-state index contributed by atoms with van der Waals surface area (Å²) in [4.78, 5) is 8.36. The van der Waals surface area contributed by atoms with Crippen LogP contribution in [-0.4, -0.2) is 28.1 Å². The third-order valence-corrected chi connectivity index (χ3v) is 5.09. The minimum Gasteiger partial charge on any atom is -0.396 e. The maximum Gasteiger partial charge on any atom is 0.0746 e. The SMILES string of the molecule is Cc1ccsc1CN(CCCO)Cc1cccc2cccnc12. The first-order valence-corrected chi connectivity index (χ1v) is 8.84. The Hall–Kier alpha value is -1.75. The van der Waals surface area contributed by atoms with E-state index in [4.69, 9.17) is 0 Å². The molecular weight excluding hydrogens is 304 g/mol. The second-order valence-electron chi connectivity index (χ2n) is 5.81. The lowest BCUT2D eigenvalue weighted by Gasteiger charge is -2.22. The van der Waals surface area contributed by atoms with Gasteiger partial charge in [0.05, 0.1) is 5.52 Å². The van der Waals surface area contributed by atoms with Crippen LogP contribution in [0, 0.1) is 6.92 Å². The molecule has 0 saturated heterocycles. The Bertz CT molecular complexity index is 763. The highest BCUT2D eigenvalue weighted by Crippen LogP contribution is 2.22. The van der Waals surface area contributed by atoms with Gasteiger partial charge < -0.3 is 5.11 Å². The second-order valence-corrected chi connectivity index (χ2v) is 6.81. The van der Waals surface area contributed by atoms with Gasteiger partial charge in [0.2, 0.25) is 0 Å². The summed E-state index contributed by atoms with van der Waals surface area (Å²) in [7, 11) is 0. The number of aliphatic hydroxyl groups is 1. The van der Waals surface area contributed by atoms with Crippen molar-refractivity contribution >= 4 is 22.2 Å². The number of rotatable bonds is 7. The first-order chi connectivity index (χ1) is 11.3. The lowest BCUT2D eigenvalue weighted by atomic mass is 10.1. The zero-order chi connectivity index (χ0) is 16.1. The van der Waals surface area contributed by atoms with Gasteiger partial charge in [0, 0.05) is 42.7 Å².